The molecular weight excluding hydrogens is 532 g/mol. The van der Waals surface area contributed by atoms with Gasteiger partial charge in [-0.25, -0.2) is 9.78 Å². The molecule has 3 aromatic heterocycles. The van der Waals surface area contributed by atoms with Crippen LogP contribution in [0.3, 0.4) is 0 Å². The van der Waals surface area contributed by atoms with E-state index in [0.717, 1.165) is 44.7 Å². The summed E-state index contributed by atoms with van der Waals surface area (Å²) in [5.41, 5.74) is 6.19. The lowest BCUT2D eigenvalue weighted by Crippen LogP contribution is -2.53. The molecule has 1 atom stereocenters. The number of carboxylic acid groups (broad SMARTS) is 1. The molecule has 0 saturated carbocycles. The zero-order valence-corrected chi connectivity index (χ0v) is 25.0. The lowest BCUT2D eigenvalue weighted by Gasteiger charge is -2.39. The summed E-state index contributed by atoms with van der Waals surface area (Å²) in [4.78, 5) is 48.7. The third-order valence-corrected chi connectivity index (χ3v) is 8.12. The predicted octanol–water partition coefficient (Wildman–Crippen LogP) is 5.02. The molecule has 1 fully saturated rings. The lowest BCUT2D eigenvalue weighted by molar-refractivity contribution is 0.0952. The number of fused-ring (bicyclic) bond motifs is 1. The maximum atomic E-state index is 13.7. The fourth-order valence-corrected chi connectivity index (χ4v) is 5.92. The van der Waals surface area contributed by atoms with Crippen LogP contribution in [0.25, 0.3) is 22.0 Å². The molecule has 10 nitrogen and oxygen atoms in total. The molecular formula is C32H38N6O4. The van der Waals surface area contributed by atoms with Crippen molar-refractivity contribution in [3.05, 3.63) is 81.0 Å². The average molecular weight is 571 g/mol. The van der Waals surface area contributed by atoms with Crippen LogP contribution >= 0.6 is 0 Å². The molecule has 1 aliphatic heterocycles. The molecule has 1 aromatic carbocycles. The predicted molar refractivity (Wildman–Crippen MR) is 164 cm³/mol. The van der Waals surface area contributed by atoms with E-state index < -0.39 is 6.09 Å². The summed E-state index contributed by atoms with van der Waals surface area (Å²) in [6.45, 7) is 13.5. The molecule has 3 N–H and O–H groups in total. The number of hydrogen-bond acceptors (Lipinski definition) is 5. The Labute approximate surface area is 245 Å². The van der Waals surface area contributed by atoms with Crippen molar-refractivity contribution < 1.29 is 14.7 Å². The SMILES string of the molecule is Cc1cc(C)c(CNC(=O)c2cc(-c3ccc(N4CCN(C(=O)O)CC4C)nc3)cc3c2c(C)cn3C(C)C)c(=O)[nH]1. The van der Waals surface area contributed by atoms with E-state index in [1.165, 1.54) is 4.90 Å². The van der Waals surface area contributed by atoms with E-state index in [0.29, 0.717) is 30.8 Å². The Balaban J connectivity index is 1.49. The van der Waals surface area contributed by atoms with E-state index in [-0.39, 0.29) is 30.1 Å². The van der Waals surface area contributed by atoms with E-state index in [1.54, 1.807) is 6.20 Å². The number of piperazine rings is 1. The van der Waals surface area contributed by atoms with Crippen LogP contribution in [0.4, 0.5) is 10.6 Å². The first-order valence-electron chi connectivity index (χ1n) is 14.3. The number of aromatic amines is 1. The number of aryl methyl sites for hydroxylation is 3. The van der Waals surface area contributed by atoms with E-state index in [4.69, 9.17) is 4.98 Å². The highest BCUT2D eigenvalue weighted by molar-refractivity contribution is 6.09. The second-order valence-corrected chi connectivity index (χ2v) is 11.5. The first kappa shape index (κ1) is 28.9. The Morgan fingerprint density at radius 1 is 1.10 bits per heavy atom. The zero-order valence-electron chi connectivity index (χ0n) is 25.0. The molecule has 10 heteroatoms. The molecule has 0 bridgehead atoms. The summed E-state index contributed by atoms with van der Waals surface area (Å²) >= 11 is 0. The van der Waals surface area contributed by atoms with Crippen molar-refractivity contribution >= 4 is 28.7 Å². The summed E-state index contributed by atoms with van der Waals surface area (Å²) in [6, 6.07) is 10.0. The van der Waals surface area contributed by atoms with Crippen molar-refractivity contribution in [3.8, 4) is 11.1 Å². The van der Waals surface area contributed by atoms with Gasteiger partial charge in [0.15, 0.2) is 0 Å². The highest BCUT2D eigenvalue weighted by Crippen LogP contribution is 2.33. The standard InChI is InChI=1S/C32H38N6O4/c1-18(2)38-16-20(4)29-25(30(39)34-15-26-19(3)11-21(5)35-31(26)40)12-24(13-27(29)38)23-7-8-28(33-14-23)37-10-9-36(32(41)42)17-22(37)6/h7-8,11-14,16,18,22H,9-10,15,17H2,1-6H3,(H,34,39)(H,35,40)(H,41,42). The molecule has 1 saturated heterocycles. The number of nitrogens with zero attached hydrogens (tertiary/aromatic N) is 4. The van der Waals surface area contributed by atoms with Crippen LogP contribution in [0, 0.1) is 20.8 Å². The van der Waals surface area contributed by atoms with Crippen molar-refractivity contribution in [1.82, 2.24) is 24.8 Å². The van der Waals surface area contributed by atoms with E-state index >= 15 is 0 Å². The molecule has 0 aliphatic carbocycles. The van der Waals surface area contributed by atoms with E-state index in [2.05, 4.69) is 45.9 Å². The van der Waals surface area contributed by atoms with Gasteiger partial charge in [0.2, 0.25) is 0 Å². The van der Waals surface area contributed by atoms with Crippen LogP contribution in [-0.4, -0.2) is 62.2 Å². The minimum atomic E-state index is -0.901. The Morgan fingerprint density at radius 3 is 2.48 bits per heavy atom. The van der Waals surface area contributed by atoms with Crippen LogP contribution in [0.2, 0.25) is 0 Å². The molecule has 220 valence electrons. The number of hydrogen-bond donors (Lipinski definition) is 3. The van der Waals surface area contributed by atoms with Crippen LogP contribution in [0.1, 0.15) is 59.6 Å². The largest absolute Gasteiger partial charge is 0.465 e. The van der Waals surface area contributed by atoms with Gasteiger partial charge in [-0.05, 0) is 88.6 Å². The molecule has 0 spiro atoms. The number of amides is 2. The van der Waals surface area contributed by atoms with Crippen LogP contribution < -0.4 is 15.8 Å². The normalized spacial score (nSPS) is 15.5. The lowest BCUT2D eigenvalue weighted by atomic mass is 9.98. The molecule has 1 unspecified atom stereocenters. The number of anilines is 1. The summed E-state index contributed by atoms with van der Waals surface area (Å²) in [7, 11) is 0. The number of carbonyl (C=O) groups is 2. The highest BCUT2D eigenvalue weighted by atomic mass is 16.4. The fourth-order valence-electron chi connectivity index (χ4n) is 5.92. The second kappa shape index (κ2) is 11.3. The molecule has 5 rings (SSSR count). The van der Waals surface area contributed by atoms with Gasteiger partial charge in [0.25, 0.3) is 11.5 Å². The molecule has 4 heterocycles. The number of nitrogens with one attached hydrogen (secondary N) is 2. The van der Waals surface area contributed by atoms with Crippen molar-refractivity contribution in [2.24, 2.45) is 0 Å². The summed E-state index contributed by atoms with van der Waals surface area (Å²) in [5.74, 6) is 0.538. The van der Waals surface area contributed by atoms with Gasteiger partial charge in [-0.15, -0.1) is 0 Å². The van der Waals surface area contributed by atoms with Crippen molar-refractivity contribution in [3.63, 3.8) is 0 Å². The summed E-state index contributed by atoms with van der Waals surface area (Å²) in [6.07, 6.45) is 2.98. The smallest absolute Gasteiger partial charge is 0.407 e. The number of pyridine rings is 2. The van der Waals surface area contributed by atoms with E-state index in [9.17, 15) is 19.5 Å². The van der Waals surface area contributed by atoms with Crippen LogP contribution in [0.5, 0.6) is 0 Å². The summed E-state index contributed by atoms with van der Waals surface area (Å²) < 4.78 is 2.17. The number of H-pyrrole nitrogens is 1. The quantitative estimate of drug-likeness (QED) is 0.299. The summed E-state index contributed by atoms with van der Waals surface area (Å²) in [5, 5.41) is 13.2. The monoisotopic (exact) mass is 570 g/mol. The third-order valence-electron chi connectivity index (χ3n) is 8.12. The fraction of sp³-hybridized carbons (Fsp3) is 0.375. The third kappa shape index (κ3) is 5.48. The average Bonchev–Trinajstić information content (AvgIpc) is 3.28. The van der Waals surface area contributed by atoms with E-state index in [1.807, 2.05) is 52.0 Å². The minimum absolute atomic E-state index is 0.00143. The Morgan fingerprint density at radius 2 is 1.86 bits per heavy atom. The molecule has 0 radical (unpaired) electrons. The van der Waals surface area contributed by atoms with Gasteiger partial charge >= 0.3 is 6.09 Å². The Kier molecular flexibility index (Phi) is 7.81. The Hall–Kier alpha value is -4.60. The van der Waals surface area contributed by atoms with Crippen molar-refractivity contribution in [2.75, 3.05) is 24.5 Å². The molecule has 4 aromatic rings. The van der Waals surface area contributed by atoms with Gasteiger partial charge in [-0.3, -0.25) is 9.59 Å². The molecule has 42 heavy (non-hydrogen) atoms. The van der Waals surface area contributed by atoms with Gasteiger partial charge in [-0.2, -0.15) is 0 Å². The minimum Gasteiger partial charge on any atom is -0.465 e. The van der Waals surface area contributed by atoms with Crippen LogP contribution in [0.15, 0.2) is 47.5 Å². The highest BCUT2D eigenvalue weighted by Gasteiger charge is 2.27. The zero-order chi connectivity index (χ0) is 30.3. The molecule has 2 amide bonds. The van der Waals surface area contributed by atoms with Gasteiger partial charge < -0.3 is 29.8 Å². The molecule has 1 aliphatic rings. The number of aromatic nitrogens is 3. The van der Waals surface area contributed by atoms with Gasteiger partial charge in [-0.1, -0.05) is 0 Å². The van der Waals surface area contributed by atoms with Crippen molar-refractivity contribution in [1.29, 1.82) is 0 Å². The second-order valence-electron chi connectivity index (χ2n) is 11.5. The van der Waals surface area contributed by atoms with Gasteiger partial charge in [0, 0.05) is 83.9 Å². The maximum Gasteiger partial charge on any atom is 0.407 e. The number of carbonyl (C=O) groups excluding carboxylic acids is 1. The van der Waals surface area contributed by atoms with Crippen LogP contribution in [-0.2, 0) is 6.54 Å². The first-order valence-corrected chi connectivity index (χ1v) is 14.3. The topological polar surface area (TPSA) is 124 Å². The van der Waals surface area contributed by atoms with Crippen molar-refractivity contribution in [2.45, 2.75) is 60.2 Å². The number of rotatable bonds is 6. The number of benzene rings is 1. The Bertz CT molecular complexity index is 1720. The van der Waals surface area contributed by atoms with Gasteiger partial charge in [0.05, 0.1) is 0 Å². The van der Waals surface area contributed by atoms with Gasteiger partial charge in [0.1, 0.15) is 5.82 Å². The first-order chi connectivity index (χ1) is 19.9. The maximum absolute atomic E-state index is 13.7.